The lowest BCUT2D eigenvalue weighted by Crippen LogP contribution is -2.29. The second-order valence-electron chi connectivity index (χ2n) is 7.18. The Morgan fingerprint density at radius 1 is 1.39 bits per heavy atom. The summed E-state index contributed by atoms with van der Waals surface area (Å²) in [6, 6.07) is 8.41. The van der Waals surface area contributed by atoms with Gasteiger partial charge in [0.15, 0.2) is 5.82 Å². The largest absolute Gasteiger partial charge is 0.388 e. The molecule has 1 saturated heterocycles. The van der Waals surface area contributed by atoms with Crippen molar-refractivity contribution in [2.75, 3.05) is 17.9 Å². The topological polar surface area (TPSA) is 107 Å². The Balaban J connectivity index is 1.69. The van der Waals surface area contributed by atoms with Crippen molar-refractivity contribution < 1.29 is 22.5 Å². The number of amides is 1. The average molecular weight is 424 g/mol. The molecule has 2 aromatic heterocycles. The molecule has 0 radical (unpaired) electrons. The number of rotatable bonds is 3. The molecule has 1 atom stereocenters. The van der Waals surface area contributed by atoms with Gasteiger partial charge in [-0.15, -0.1) is 0 Å². The van der Waals surface area contributed by atoms with E-state index in [1.165, 1.54) is 30.5 Å². The molecule has 2 aliphatic heterocycles. The fourth-order valence-electron chi connectivity index (χ4n) is 3.52. The van der Waals surface area contributed by atoms with Crippen LogP contribution in [0, 0.1) is 17.1 Å². The first-order valence-electron chi connectivity index (χ1n) is 12.3. The Hall–Kier alpha value is -3.77. The Labute approximate surface area is 186 Å². The highest BCUT2D eigenvalue weighted by Crippen LogP contribution is 2.32. The van der Waals surface area contributed by atoms with Gasteiger partial charge in [0.05, 0.1) is 54.7 Å². The van der Waals surface area contributed by atoms with E-state index in [1.807, 2.05) is 6.07 Å². The summed E-state index contributed by atoms with van der Waals surface area (Å²) in [7, 11) is 0. The smallest absolute Gasteiger partial charge is 0.255 e. The summed E-state index contributed by atoms with van der Waals surface area (Å²) in [4.78, 5) is 17.4. The van der Waals surface area contributed by atoms with Crippen molar-refractivity contribution in [3.63, 3.8) is 0 Å². The van der Waals surface area contributed by atoms with E-state index >= 15 is 0 Å². The minimum atomic E-state index is -3.03. The Morgan fingerprint density at radius 3 is 2.97 bits per heavy atom. The Bertz CT molecular complexity index is 1490. The first-order chi connectivity index (χ1) is 17.2. The molecule has 3 aromatic rings. The number of carbonyl (C=O) groups excluding carboxylic acids is 1. The van der Waals surface area contributed by atoms with Crippen LogP contribution in [-0.4, -0.2) is 44.4 Å². The van der Waals surface area contributed by atoms with Crippen LogP contribution in [-0.2, 0) is 6.54 Å². The number of nitrogens with one attached hydrogen (secondary N) is 1. The molecule has 8 nitrogen and oxygen atoms in total. The number of pyridine rings is 1. The molecule has 156 valence electrons. The van der Waals surface area contributed by atoms with Gasteiger partial charge in [-0.05, 0) is 31.5 Å². The molecule has 0 spiro atoms. The molecule has 2 aliphatic rings. The van der Waals surface area contributed by atoms with Gasteiger partial charge in [0.25, 0.3) is 5.91 Å². The van der Waals surface area contributed by atoms with Crippen molar-refractivity contribution in [1.29, 1.82) is 5.26 Å². The predicted octanol–water partition coefficient (Wildman–Crippen LogP) is 2.15. The lowest BCUT2D eigenvalue weighted by molar-refractivity contribution is 0.0838. The number of halogens is 1. The van der Waals surface area contributed by atoms with Crippen LogP contribution in [0.25, 0.3) is 16.9 Å². The molecule has 0 bridgehead atoms. The Morgan fingerprint density at radius 2 is 2.23 bits per heavy atom. The molecule has 1 amide bonds. The van der Waals surface area contributed by atoms with Crippen LogP contribution in [0.4, 0.5) is 10.2 Å². The second-order valence-corrected chi connectivity index (χ2v) is 7.18. The van der Waals surface area contributed by atoms with E-state index in [2.05, 4.69) is 15.4 Å². The van der Waals surface area contributed by atoms with Crippen molar-refractivity contribution in [3.8, 4) is 23.0 Å². The van der Waals surface area contributed by atoms with Crippen molar-refractivity contribution in [2.45, 2.75) is 25.4 Å². The van der Waals surface area contributed by atoms with E-state index in [0.717, 1.165) is 17.7 Å². The van der Waals surface area contributed by atoms with E-state index in [0.29, 0.717) is 4.90 Å². The van der Waals surface area contributed by atoms with Gasteiger partial charge in [0.2, 0.25) is 0 Å². The molecular formula is C22H19FN6O2. The second kappa shape index (κ2) is 6.89. The summed E-state index contributed by atoms with van der Waals surface area (Å²) < 4.78 is 65.4. The maximum Gasteiger partial charge on any atom is 0.255 e. The van der Waals surface area contributed by atoms with Gasteiger partial charge in [-0.1, -0.05) is 6.07 Å². The highest BCUT2D eigenvalue weighted by Gasteiger charge is 2.33. The molecule has 5 rings (SSSR count). The summed E-state index contributed by atoms with van der Waals surface area (Å²) in [6.45, 7) is -5.04. The number of benzene rings is 1. The standard InChI is InChI=1S/C22H19FN6O2/c1-22(31)6-8-28(12-22)18-5-7-29(27-18)17-9-15(26-16-11-25-21(30)20(16)17)19-13(10-24)3-2-4-14(19)23/h2-5,7,9,31H,6,8,11-12H2,1H3,(H,25,30)/i6D2,8D2,12D2. The van der Waals surface area contributed by atoms with Crippen molar-refractivity contribution in [2.24, 2.45) is 0 Å². The van der Waals surface area contributed by atoms with E-state index in [1.54, 1.807) is 0 Å². The predicted molar refractivity (Wildman–Crippen MR) is 110 cm³/mol. The summed E-state index contributed by atoms with van der Waals surface area (Å²) in [5.74, 6) is -1.56. The average Bonchev–Trinajstić information content (AvgIpc) is 3.46. The van der Waals surface area contributed by atoms with Gasteiger partial charge in [0.1, 0.15) is 5.82 Å². The van der Waals surface area contributed by atoms with E-state index < -0.39 is 36.7 Å². The number of carbonyl (C=O) groups is 1. The van der Waals surface area contributed by atoms with E-state index in [4.69, 9.17) is 8.22 Å². The number of β-amino-alcohol motifs (C(OH)–C–C–N with tert-alkyl or cyclic N) is 1. The summed E-state index contributed by atoms with van der Waals surface area (Å²) in [5, 5.41) is 27.0. The molecule has 1 fully saturated rings. The molecule has 0 aliphatic carbocycles. The zero-order valence-corrected chi connectivity index (χ0v) is 16.1. The van der Waals surface area contributed by atoms with Crippen LogP contribution in [0.3, 0.4) is 0 Å². The minimum Gasteiger partial charge on any atom is -0.388 e. The molecule has 0 saturated carbocycles. The monoisotopic (exact) mass is 424 g/mol. The maximum atomic E-state index is 14.8. The highest BCUT2D eigenvalue weighted by atomic mass is 19.1. The first-order valence-corrected chi connectivity index (χ1v) is 9.26. The molecule has 2 N–H and O–H groups in total. The lowest BCUT2D eigenvalue weighted by atomic mass is 10.0. The van der Waals surface area contributed by atoms with Crippen LogP contribution in [0.5, 0.6) is 0 Å². The first kappa shape index (κ1) is 13.5. The van der Waals surface area contributed by atoms with Gasteiger partial charge in [0, 0.05) is 30.7 Å². The summed E-state index contributed by atoms with van der Waals surface area (Å²) in [5.41, 5.74) is -2.32. The minimum absolute atomic E-state index is 0.0137. The lowest BCUT2D eigenvalue weighted by Gasteiger charge is -2.18. The van der Waals surface area contributed by atoms with Gasteiger partial charge in [-0.3, -0.25) is 4.79 Å². The number of hydrogen-bond acceptors (Lipinski definition) is 6. The number of aromatic nitrogens is 3. The molecule has 1 aromatic carbocycles. The zero-order chi connectivity index (χ0) is 27.1. The molecular weight excluding hydrogens is 399 g/mol. The van der Waals surface area contributed by atoms with Crippen LogP contribution in [0.1, 0.15) is 43.1 Å². The maximum absolute atomic E-state index is 14.8. The van der Waals surface area contributed by atoms with Crippen molar-refractivity contribution in [1.82, 2.24) is 20.1 Å². The van der Waals surface area contributed by atoms with Crippen LogP contribution >= 0.6 is 0 Å². The third-order valence-corrected chi connectivity index (χ3v) is 4.90. The number of fused-ring (bicyclic) bond motifs is 1. The third kappa shape index (κ3) is 3.21. The molecule has 1 unspecified atom stereocenters. The van der Waals surface area contributed by atoms with E-state index in [-0.39, 0.29) is 46.1 Å². The molecule has 4 heterocycles. The van der Waals surface area contributed by atoms with E-state index in [9.17, 15) is 19.6 Å². The van der Waals surface area contributed by atoms with Crippen LogP contribution in [0.2, 0.25) is 0 Å². The van der Waals surface area contributed by atoms with Crippen molar-refractivity contribution >= 4 is 11.7 Å². The zero-order valence-electron chi connectivity index (χ0n) is 22.1. The number of aliphatic hydroxyl groups is 1. The molecule has 9 heteroatoms. The fraction of sp³-hybridized carbons (Fsp3) is 0.273. The van der Waals surface area contributed by atoms with Gasteiger partial charge in [-0.25, -0.2) is 14.1 Å². The third-order valence-electron chi connectivity index (χ3n) is 4.90. The Kier molecular flexibility index (Phi) is 3.00. The fourth-order valence-corrected chi connectivity index (χ4v) is 3.52. The number of hydrogen-bond donors (Lipinski definition) is 2. The van der Waals surface area contributed by atoms with Gasteiger partial charge < -0.3 is 15.3 Å². The van der Waals surface area contributed by atoms with Crippen molar-refractivity contribution in [3.05, 3.63) is 59.2 Å². The quantitative estimate of drug-likeness (QED) is 0.667. The summed E-state index contributed by atoms with van der Waals surface area (Å²) >= 11 is 0. The van der Waals surface area contributed by atoms with Crippen LogP contribution < -0.4 is 10.2 Å². The van der Waals surface area contributed by atoms with Crippen LogP contribution in [0.15, 0.2) is 36.5 Å². The van der Waals surface area contributed by atoms with Gasteiger partial charge in [-0.2, -0.15) is 10.4 Å². The number of nitriles is 1. The number of anilines is 1. The number of nitrogens with zero attached hydrogens (tertiary/aromatic N) is 5. The SMILES string of the molecule is [2H]C1([2H])N(c2ccn(-c3cc(-c4c(F)cccc4C#N)nc4c3C(=O)NC4)n2)C([2H])([2H])C(C)(O)C1([2H])[2H]. The highest BCUT2D eigenvalue weighted by molar-refractivity contribution is 6.01. The normalized spacial score (nSPS) is 27.7. The molecule has 31 heavy (non-hydrogen) atoms. The van der Waals surface area contributed by atoms with Gasteiger partial charge >= 0.3 is 0 Å². The summed E-state index contributed by atoms with van der Waals surface area (Å²) in [6.07, 6.45) is -1.74.